The van der Waals surface area contributed by atoms with Gasteiger partial charge in [-0.1, -0.05) is 19.9 Å². The number of aliphatic carboxylic acids is 1. The molecule has 2 rings (SSSR count). The van der Waals surface area contributed by atoms with Gasteiger partial charge in [0.2, 0.25) is 5.91 Å². The van der Waals surface area contributed by atoms with Gasteiger partial charge in [0.05, 0.1) is 17.9 Å². The van der Waals surface area contributed by atoms with Crippen molar-refractivity contribution < 1.29 is 14.7 Å². The van der Waals surface area contributed by atoms with E-state index >= 15 is 0 Å². The van der Waals surface area contributed by atoms with Gasteiger partial charge in [-0.15, -0.1) is 11.3 Å². The van der Waals surface area contributed by atoms with Gasteiger partial charge in [-0.05, 0) is 30.3 Å². The van der Waals surface area contributed by atoms with Gasteiger partial charge >= 0.3 is 5.97 Å². The van der Waals surface area contributed by atoms with Crippen LogP contribution < -0.4 is 10.6 Å². The molecule has 1 saturated heterocycles. The molecular weight excluding hydrogens is 288 g/mol. The van der Waals surface area contributed by atoms with Crippen molar-refractivity contribution in [2.45, 2.75) is 32.7 Å². The topological polar surface area (TPSA) is 78.4 Å². The van der Waals surface area contributed by atoms with Crippen molar-refractivity contribution >= 4 is 23.2 Å². The lowest BCUT2D eigenvalue weighted by Gasteiger charge is -2.32. The zero-order valence-corrected chi connectivity index (χ0v) is 13.2. The van der Waals surface area contributed by atoms with Crippen molar-refractivity contribution in [3.05, 3.63) is 22.4 Å². The van der Waals surface area contributed by atoms with Crippen LogP contribution in [0.2, 0.25) is 0 Å². The van der Waals surface area contributed by atoms with Crippen LogP contribution in [0.5, 0.6) is 0 Å². The summed E-state index contributed by atoms with van der Waals surface area (Å²) in [6.07, 6.45) is 0.703. The normalized spacial score (nSPS) is 23.2. The zero-order valence-electron chi connectivity index (χ0n) is 12.4. The Morgan fingerprint density at radius 3 is 2.76 bits per heavy atom. The first kappa shape index (κ1) is 16.0. The molecule has 1 aliphatic rings. The largest absolute Gasteiger partial charge is 0.481 e. The van der Waals surface area contributed by atoms with Crippen molar-refractivity contribution in [1.29, 1.82) is 0 Å². The van der Waals surface area contributed by atoms with E-state index in [1.165, 1.54) is 11.3 Å². The quantitative estimate of drug-likeness (QED) is 0.751. The standard InChI is InChI=1S/C15H22N2O3S/c1-10(2)15(5-6-16-9-15)14(20)17-11(8-13(18)19)12-4-3-7-21-12/h3-4,7,10-11,16H,5-6,8-9H2,1-2H3,(H,17,20)(H,18,19). The Bertz CT molecular complexity index is 493. The van der Waals surface area contributed by atoms with Crippen LogP contribution in [0.1, 0.15) is 37.6 Å². The van der Waals surface area contributed by atoms with E-state index in [-0.39, 0.29) is 18.2 Å². The molecule has 0 aliphatic carbocycles. The number of hydrogen-bond acceptors (Lipinski definition) is 4. The number of amides is 1. The van der Waals surface area contributed by atoms with Gasteiger partial charge in [-0.2, -0.15) is 0 Å². The molecule has 0 aromatic carbocycles. The molecule has 1 amide bonds. The Morgan fingerprint density at radius 2 is 2.29 bits per heavy atom. The van der Waals surface area contributed by atoms with Crippen LogP contribution in [0.3, 0.4) is 0 Å². The third kappa shape index (κ3) is 3.44. The lowest BCUT2D eigenvalue weighted by molar-refractivity contribution is -0.138. The van der Waals surface area contributed by atoms with Crippen LogP contribution in [0, 0.1) is 11.3 Å². The number of hydrogen-bond donors (Lipinski definition) is 3. The Balaban J connectivity index is 2.16. The van der Waals surface area contributed by atoms with Crippen molar-refractivity contribution in [3.63, 3.8) is 0 Å². The molecule has 5 nitrogen and oxygen atoms in total. The highest BCUT2D eigenvalue weighted by Gasteiger charge is 2.44. The lowest BCUT2D eigenvalue weighted by atomic mass is 9.75. The molecule has 6 heteroatoms. The van der Waals surface area contributed by atoms with Crippen LogP contribution in [-0.2, 0) is 9.59 Å². The van der Waals surface area contributed by atoms with E-state index in [4.69, 9.17) is 5.11 Å². The lowest BCUT2D eigenvalue weighted by Crippen LogP contribution is -2.47. The highest BCUT2D eigenvalue weighted by atomic mass is 32.1. The van der Waals surface area contributed by atoms with Gasteiger partial charge in [0.15, 0.2) is 0 Å². The molecule has 1 aromatic heterocycles. The van der Waals surface area contributed by atoms with Gasteiger partial charge in [-0.3, -0.25) is 9.59 Å². The third-order valence-electron chi connectivity index (χ3n) is 4.32. The maximum Gasteiger partial charge on any atom is 0.305 e. The van der Waals surface area contributed by atoms with Crippen LogP contribution in [0.4, 0.5) is 0 Å². The predicted molar refractivity (Wildman–Crippen MR) is 82.2 cm³/mol. The summed E-state index contributed by atoms with van der Waals surface area (Å²) >= 11 is 1.47. The molecule has 2 atom stereocenters. The van der Waals surface area contributed by atoms with Crippen LogP contribution in [0.15, 0.2) is 17.5 Å². The van der Waals surface area contributed by atoms with Crippen LogP contribution in [-0.4, -0.2) is 30.1 Å². The second kappa shape index (κ2) is 6.58. The first-order valence-corrected chi connectivity index (χ1v) is 8.10. The fraction of sp³-hybridized carbons (Fsp3) is 0.600. The monoisotopic (exact) mass is 310 g/mol. The predicted octanol–water partition coefficient (Wildman–Crippen LogP) is 2.02. The van der Waals surface area contributed by atoms with Crippen LogP contribution in [0.25, 0.3) is 0 Å². The Kier molecular flexibility index (Phi) is 5.00. The Labute approximate surface area is 128 Å². The number of rotatable bonds is 6. The van der Waals surface area contributed by atoms with Crippen molar-refractivity contribution in [2.24, 2.45) is 11.3 Å². The molecule has 0 bridgehead atoms. The minimum Gasteiger partial charge on any atom is -0.481 e. The van der Waals surface area contributed by atoms with Crippen LogP contribution >= 0.6 is 11.3 Å². The van der Waals surface area contributed by atoms with Gasteiger partial charge < -0.3 is 15.7 Å². The summed E-state index contributed by atoms with van der Waals surface area (Å²) in [5.41, 5.74) is -0.436. The smallest absolute Gasteiger partial charge is 0.305 e. The molecule has 0 spiro atoms. The van der Waals surface area contributed by atoms with Gasteiger partial charge in [0, 0.05) is 11.4 Å². The molecule has 0 saturated carbocycles. The van der Waals surface area contributed by atoms with Crippen molar-refractivity contribution in [1.82, 2.24) is 10.6 Å². The summed E-state index contributed by atoms with van der Waals surface area (Å²) in [5, 5.41) is 17.2. The molecule has 116 valence electrons. The van der Waals surface area contributed by atoms with Gasteiger partial charge in [0.25, 0.3) is 0 Å². The number of thiophene rings is 1. The second-order valence-corrected chi connectivity index (χ2v) is 6.86. The second-order valence-electron chi connectivity index (χ2n) is 5.88. The van der Waals surface area contributed by atoms with Gasteiger partial charge in [0.1, 0.15) is 0 Å². The zero-order chi connectivity index (χ0) is 15.5. The number of carbonyl (C=O) groups is 2. The molecule has 0 radical (unpaired) electrons. The molecule has 1 aliphatic heterocycles. The molecule has 1 aromatic rings. The first-order valence-electron chi connectivity index (χ1n) is 7.22. The highest BCUT2D eigenvalue weighted by molar-refractivity contribution is 7.10. The number of nitrogens with one attached hydrogen (secondary N) is 2. The summed E-state index contributed by atoms with van der Waals surface area (Å²) in [4.78, 5) is 24.7. The van der Waals surface area contributed by atoms with E-state index in [0.717, 1.165) is 17.8 Å². The van der Waals surface area contributed by atoms with E-state index in [1.54, 1.807) is 0 Å². The van der Waals surface area contributed by atoms with E-state index in [2.05, 4.69) is 10.6 Å². The third-order valence-corrected chi connectivity index (χ3v) is 5.30. The molecular formula is C15H22N2O3S. The molecule has 2 unspecified atom stereocenters. The summed E-state index contributed by atoms with van der Waals surface area (Å²) in [6, 6.07) is 3.29. The van der Waals surface area contributed by atoms with E-state index < -0.39 is 17.4 Å². The Morgan fingerprint density at radius 1 is 1.52 bits per heavy atom. The highest BCUT2D eigenvalue weighted by Crippen LogP contribution is 2.35. The SMILES string of the molecule is CC(C)C1(C(=O)NC(CC(=O)O)c2cccs2)CCNC1. The summed E-state index contributed by atoms with van der Waals surface area (Å²) in [5.74, 6) is -0.736. The number of carboxylic acids is 1. The van der Waals surface area contributed by atoms with E-state index in [9.17, 15) is 9.59 Å². The number of carboxylic acid groups (broad SMARTS) is 1. The van der Waals surface area contributed by atoms with Crippen molar-refractivity contribution in [2.75, 3.05) is 13.1 Å². The molecule has 3 N–H and O–H groups in total. The summed E-state index contributed by atoms with van der Waals surface area (Å²) in [6.45, 7) is 5.57. The fourth-order valence-corrected chi connectivity index (χ4v) is 3.63. The minimum absolute atomic E-state index is 0.0397. The van der Waals surface area contributed by atoms with E-state index in [1.807, 2.05) is 31.4 Å². The first-order chi connectivity index (χ1) is 9.95. The summed E-state index contributed by atoms with van der Waals surface area (Å²) < 4.78 is 0. The van der Waals surface area contributed by atoms with Gasteiger partial charge in [-0.25, -0.2) is 0 Å². The summed E-state index contributed by atoms with van der Waals surface area (Å²) in [7, 11) is 0. The fourth-order valence-electron chi connectivity index (χ4n) is 2.85. The average Bonchev–Trinajstić information content (AvgIpc) is 3.09. The average molecular weight is 310 g/mol. The maximum absolute atomic E-state index is 12.8. The number of carbonyl (C=O) groups excluding carboxylic acids is 1. The van der Waals surface area contributed by atoms with E-state index in [0.29, 0.717) is 6.54 Å². The Hall–Kier alpha value is -1.40. The van der Waals surface area contributed by atoms with Crippen molar-refractivity contribution in [3.8, 4) is 0 Å². The molecule has 2 heterocycles. The molecule has 21 heavy (non-hydrogen) atoms. The maximum atomic E-state index is 12.8. The molecule has 1 fully saturated rings. The minimum atomic E-state index is -0.906.